The monoisotopic (exact) mass is 233 g/mol. The maximum atomic E-state index is 9.49. The van der Waals surface area contributed by atoms with Gasteiger partial charge in [-0.05, 0) is 6.42 Å². The van der Waals surface area contributed by atoms with E-state index in [1.807, 2.05) is 6.20 Å². The molecule has 1 unspecified atom stereocenters. The zero-order valence-electron chi connectivity index (χ0n) is 9.43. The first-order valence-corrected chi connectivity index (χ1v) is 5.71. The Bertz CT molecular complexity index is 538. The van der Waals surface area contributed by atoms with Crippen molar-refractivity contribution < 1.29 is 5.11 Å². The van der Waals surface area contributed by atoms with Crippen molar-refractivity contribution in [2.24, 2.45) is 0 Å². The number of hydrogen-bond donors (Lipinski definition) is 3. The fraction of sp³-hybridized carbons (Fsp3) is 0.455. The van der Waals surface area contributed by atoms with Crippen LogP contribution >= 0.6 is 0 Å². The number of aromatic nitrogens is 3. The maximum Gasteiger partial charge on any atom is 0.151 e. The Morgan fingerprint density at radius 3 is 3.18 bits per heavy atom. The van der Waals surface area contributed by atoms with E-state index in [4.69, 9.17) is 5.73 Å². The molecule has 0 radical (unpaired) electrons. The van der Waals surface area contributed by atoms with Crippen molar-refractivity contribution in [1.29, 1.82) is 0 Å². The summed E-state index contributed by atoms with van der Waals surface area (Å²) in [5, 5.41) is 9.49. The molecule has 0 amide bonds. The molecule has 2 aromatic heterocycles. The van der Waals surface area contributed by atoms with Crippen LogP contribution in [0.3, 0.4) is 0 Å². The van der Waals surface area contributed by atoms with Gasteiger partial charge in [-0.3, -0.25) is 4.90 Å². The summed E-state index contributed by atoms with van der Waals surface area (Å²) in [7, 11) is 0. The van der Waals surface area contributed by atoms with E-state index < -0.39 is 0 Å². The van der Waals surface area contributed by atoms with Crippen molar-refractivity contribution in [2.75, 3.05) is 18.8 Å². The van der Waals surface area contributed by atoms with Crippen molar-refractivity contribution in [3.63, 3.8) is 0 Å². The summed E-state index contributed by atoms with van der Waals surface area (Å²) in [6, 6.07) is 0. The van der Waals surface area contributed by atoms with Gasteiger partial charge < -0.3 is 15.8 Å². The molecular weight excluding hydrogens is 218 g/mol. The van der Waals surface area contributed by atoms with Crippen LogP contribution in [0.5, 0.6) is 0 Å². The zero-order valence-corrected chi connectivity index (χ0v) is 9.43. The number of likely N-dealkylation sites (tertiary alicyclic amines) is 1. The molecule has 1 aliphatic rings. The van der Waals surface area contributed by atoms with Crippen LogP contribution in [0.1, 0.15) is 12.0 Å². The Kier molecular flexibility index (Phi) is 2.45. The molecule has 1 aliphatic heterocycles. The van der Waals surface area contributed by atoms with Gasteiger partial charge in [-0.25, -0.2) is 9.97 Å². The van der Waals surface area contributed by atoms with Crippen LogP contribution in [0.15, 0.2) is 12.5 Å². The minimum Gasteiger partial charge on any atom is -0.392 e. The summed E-state index contributed by atoms with van der Waals surface area (Å²) in [4.78, 5) is 13.5. The molecule has 1 atom stereocenters. The van der Waals surface area contributed by atoms with Gasteiger partial charge in [0.2, 0.25) is 0 Å². The summed E-state index contributed by atoms with van der Waals surface area (Å²) in [6.45, 7) is 2.44. The third-order valence-corrected chi connectivity index (χ3v) is 3.21. The van der Waals surface area contributed by atoms with E-state index >= 15 is 0 Å². The smallest absolute Gasteiger partial charge is 0.151 e. The Balaban J connectivity index is 1.88. The topological polar surface area (TPSA) is 91.1 Å². The lowest BCUT2D eigenvalue weighted by atomic mass is 10.2. The van der Waals surface area contributed by atoms with Crippen molar-refractivity contribution in [2.45, 2.75) is 19.1 Å². The second kappa shape index (κ2) is 3.97. The molecule has 0 aliphatic carbocycles. The molecule has 6 heteroatoms. The Labute approximate surface area is 98.5 Å². The van der Waals surface area contributed by atoms with Gasteiger partial charge in [0.15, 0.2) is 5.82 Å². The molecule has 1 fully saturated rings. The van der Waals surface area contributed by atoms with Gasteiger partial charge in [0.1, 0.15) is 11.8 Å². The summed E-state index contributed by atoms with van der Waals surface area (Å²) < 4.78 is 0. The lowest BCUT2D eigenvalue weighted by Crippen LogP contribution is -2.21. The molecule has 90 valence electrons. The number of H-pyrrole nitrogens is 1. The van der Waals surface area contributed by atoms with E-state index in [-0.39, 0.29) is 6.10 Å². The third-order valence-electron chi connectivity index (χ3n) is 3.21. The minimum atomic E-state index is -0.195. The number of aliphatic hydroxyl groups is 1. The molecule has 1 saturated heterocycles. The first-order valence-electron chi connectivity index (χ1n) is 5.71. The lowest BCUT2D eigenvalue weighted by Gasteiger charge is -2.13. The van der Waals surface area contributed by atoms with Gasteiger partial charge in [0.05, 0.1) is 11.6 Å². The molecular formula is C11H15N5O. The number of nitrogen functional groups attached to an aromatic ring is 1. The van der Waals surface area contributed by atoms with Crippen molar-refractivity contribution in [3.8, 4) is 0 Å². The van der Waals surface area contributed by atoms with Gasteiger partial charge in [-0.2, -0.15) is 0 Å². The number of aliphatic hydroxyl groups excluding tert-OH is 1. The van der Waals surface area contributed by atoms with Crippen LogP contribution in [0, 0.1) is 0 Å². The molecule has 6 nitrogen and oxygen atoms in total. The SMILES string of the molecule is Nc1ncnc2c(CN3CCC(O)C3)c[nH]c12. The van der Waals surface area contributed by atoms with E-state index in [9.17, 15) is 5.11 Å². The molecule has 0 saturated carbocycles. The first-order chi connectivity index (χ1) is 8.24. The molecule has 0 spiro atoms. The summed E-state index contributed by atoms with van der Waals surface area (Å²) >= 11 is 0. The highest BCUT2D eigenvalue weighted by Crippen LogP contribution is 2.22. The highest BCUT2D eigenvalue weighted by Gasteiger charge is 2.21. The summed E-state index contributed by atoms with van der Waals surface area (Å²) in [5.41, 5.74) is 8.53. The molecule has 0 aromatic carbocycles. The van der Waals surface area contributed by atoms with Crippen molar-refractivity contribution in [3.05, 3.63) is 18.1 Å². The number of β-amino-alcohol motifs (C(OH)–C–C–N with tert-alkyl or cyclic N) is 1. The molecule has 0 bridgehead atoms. The molecule has 3 rings (SSSR count). The minimum absolute atomic E-state index is 0.195. The van der Waals surface area contributed by atoms with Crippen LogP contribution in [0.2, 0.25) is 0 Å². The second-order valence-corrected chi connectivity index (χ2v) is 4.47. The molecule has 4 N–H and O–H groups in total. The van der Waals surface area contributed by atoms with E-state index in [1.54, 1.807) is 0 Å². The van der Waals surface area contributed by atoms with Crippen LogP contribution in [0.25, 0.3) is 11.0 Å². The highest BCUT2D eigenvalue weighted by molar-refractivity contribution is 5.86. The van der Waals surface area contributed by atoms with E-state index in [0.717, 1.165) is 42.7 Å². The Morgan fingerprint density at radius 1 is 1.53 bits per heavy atom. The predicted octanol–water partition coefficient (Wildman–Crippen LogP) is 0.107. The Hall–Kier alpha value is -1.66. The van der Waals surface area contributed by atoms with Gasteiger partial charge in [-0.15, -0.1) is 0 Å². The van der Waals surface area contributed by atoms with Crippen LogP contribution in [0.4, 0.5) is 5.82 Å². The van der Waals surface area contributed by atoms with Crippen LogP contribution in [-0.2, 0) is 6.54 Å². The van der Waals surface area contributed by atoms with Crippen LogP contribution < -0.4 is 5.73 Å². The standard InChI is InChI=1S/C11H15N5O/c12-11-10-9(14-6-15-11)7(3-13-10)4-16-2-1-8(17)5-16/h3,6,8,13,17H,1-2,4-5H2,(H2,12,14,15). The number of fused-ring (bicyclic) bond motifs is 1. The quantitative estimate of drug-likeness (QED) is 0.684. The zero-order chi connectivity index (χ0) is 11.8. The Morgan fingerprint density at radius 2 is 2.41 bits per heavy atom. The fourth-order valence-corrected chi connectivity index (χ4v) is 2.33. The van der Waals surface area contributed by atoms with E-state index in [2.05, 4.69) is 19.9 Å². The number of aromatic amines is 1. The van der Waals surface area contributed by atoms with Crippen molar-refractivity contribution in [1.82, 2.24) is 19.9 Å². The van der Waals surface area contributed by atoms with E-state index in [0.29, 0.717) is 5.82 Å². The van der Waals surface area contributed by atoms with Gasteiger partial charge in [0, 0.05) is 31.4 Å². The van der Waals surface area contributed by atoms with Crippen molar-refractivity contribution >= 4 is 16.9 Å². The number of nitrogens with two attached hydrogens (primary N) is 1. The fourth-order valence-electron chi connectivity index (χ4n) is 2.33. The number of hydrogen-bond acceptors (Lipinski definition) is 5. The molecule has 3 heterocycles. The van der Waals surface area contributed by atoms with Gasteiger partial charge >= 0.3 is 0 Å². The average molecular weight is 233 g/mol. The van der Waals surface area contributed by atoms with E-state index in [1.165, 1.54) is 6.33 Å². The maximum absolute atomic E-state index is 9.49. The number of nitrogens with one attached hydrogen (secondary N) is 1. The largest absolute Gasteiger partial charge is 0.392 e. The summed E-state index contributed by atoms with van der Waals surface area (Å²) in [6.07, 6.45) is 4.05. The lowest BCUT2D eigenvalue weighted by molar-refractivity contribution is 0.175. The normalized spacial score (nSPS) is 21.4. The number of anilines is 1. The summed E-state index contributed by atoms with van der Waals surface area (Å²) in [5.74, 6) is 0.475. The van der Waals surface area contributed by atoms with Gasteiger partial charge in [0.25, 0.3) is 0 Å². The molecule has 17 heavy (non-hydrogen) atoms. The number of rotatable bonds is 2. The first kappa shape index (κ1) is 10.5. The highest BCUT2D eigenvalue weighted by atomic mass is 16.3. The molecule has 2 aromatic rings. The van der Waals surface area contributed by atoms with Crippen LogP contribution in [-0.4, -0.2) is 44.2 Å². The average Bonchev–Trinajstić information content (AvgIpc) is 2.88. The second-order valence-electron chi connectivity index (χ2n) is 4.47. The predicted molar refractivity (Wildman–Crippen MR) is 64.2 cm³/mol. The third kappa shape index (κ3) is 1.85. The number of nitrogens with zero attached hydrogens (tertiary/aromatic N) is 3. The van der Waals surface area contributed by atoms with Gasteiger partial charge in [-0.1, -0.05) is 0 Å².